The van der Waals surface area contributed by atoms with Gasteiger partial charge in [0.15, 0.2) is 0 Å². The number of amides is 1. The molecule has 0 aromatic rings. The second kappa shape index (κ2) is 3.29. The van der Waals surface area contributed by atoms with Crippen LogP contribution in [0.5, 0.6) is 0 Å². The maximum Gasteiger partial charge on any atom is 0.274 e. The Labute approximate surface area is 108 Å². The number of fused-ring (bicyclic) bond motifs is 1. The molecule has 3 atom stereocenters. The van der Waals surface area contributed by atoms with Crippen molar-refractivity contribution in [2.75, 3.05) is 13.1 Å². The van der Waals surface area contributed by atoms with E-state index in [0.29, 0.717) is 19.0 Å². The molecule has 0 aliphatic carbocycles. The lowest BCUT2D eigenvalue weighted by Gasteiger charge is -2.23. The molecule has 2 saturated heterocycles. The number of halogens is 3. The summed E-state index contributed by atoms with van der Waals surface area (Å²) in [4.78, 5) is 13.4. The molecule has 1 amide bonds. The first kappa shape index (κ1) is 11.1. The van der Waals surface area contributed by atoms with E-state index >= 15 is 0 Å². The number of hydrogen-bond acceptors (Lipinski definition) is 2. The van der Waals surface area contributed by atoms with Gasteiger partial charge in [0.1, 0.15) is 5.60 Å². The van der Waals surface area contributed by atoms with Gasteiger partial charge in [0.2, 0.25) is 0 Å². The van der Waals surface area contributed by atoms with E-state index < -0.39 is 9.70 Å². The molecule has 2 bridgehead atoms. The van der Waals surface area contributed by atoms with E-state index in [1.165, 1.54) is 0 Å². The molecular formula is C10H10Cl3NO2. The Morgan fingerprint density at radius 1 is 1.50 bits per heavy atom. The maximum atomic E-state index is 11.8. The molecule has 2 fully saturated rings. The lowest BCUT2D eigenvalue weighted by atomic mass is 9.86. The summed E-state index contributed by atoms with van der Waals surface area (Å²) in [5.74, 6) is -0.111. The Morgan fingerprint density at radius 2 is 2.25 bits per heavy atom. The van der Waals surface area contributed by atoms with Crippen molar-refractivity contribution in [3.8, 4) is 0 Å². The van der Waals surface area contributed by atoms with Crippen molar-refractivity contribution in [1.29, 1.82) is 0 Å². The van der Waals surface area contributed by atoms with Crippen LogP contribution < -0.4 is 0 Å². The van der Waals surface area contributed by atoms with Crippen LogP contribution in [0.15, 0.2) is 12.2 Å². The van der Waals surface area contributed by atoms with Crippen molar-refractivity contribution < 1.29 is 9.53 Å². The monoisotopic (exact) mass is 281 g/mol. The molecule has 3 rings (SSSR count). The van der Waals surface area contributed by atoms with Gasteiger partial charge in [0, 0.05) is 12.5 Å². The fourth-order valence-electron chi connectivity index (χ4n) is 2.88. The Bertz CT molecular complexity index is 379. The number of carbonyl (C=O) groups is 1. The van der Waals surface area contributed by atoms with E-state index in [9.17, 15) is 4.79 Å². The molecule has 3 aliphatic rings. The molecule has 1 spiro atoms. The van der Waals surface area contributed by atoms with Gasteiger partial charge in [0.25, 0.3) is 9.70 Å². The summed E-state index contributed by atoms with van der Waals surface area (Å²) >= 11 is 16.8. The molecule has 0 saturated carbocycles. The molecule has 3 aliphatic heterocycles. The minimum Gasteiger partial charge on any atom is -0.361 e. The Hall–Kier alpha value is 0.0400. The highest BCUT2D eigenvalue weighted by atomic mass is 35.6. The van der Waals surface area contributed by atoms with Gasteiger partial charge >= 0.3 is 0 Å². The molecule has 16 heavy (non-hydrogen) atoms. The van der Waals surface area contributed by atoms with E-state index in [1.807, 2.05) is 0 Å². The first-order valence-electron chi connectivity index (χ1n) is 5.14. The number of nitrogens with zero attached hydrogens (tertiary/aromatic N) is 1. The summed E-state index contributed by atoms with van der Waals surface area (Å²) in [5, 5.41) is 0. The normalized spacial score (nSPS) is 40.6. The third-order valence-electron chi connectivity index (χ3n) is 3.58. The summed E-state index contributed by atoms with van der Waals surface area (Å²) in [7, 11) is 0. The second-order valence-corrected chi connectivity index (χ2v) is 6.87. The van der Waals surface area contributed by atoms with Gasteiger partial charge in [-0.15, -0.1) is 0 Å². The third-order valence-corrected chi connectivity index (χ3v) is 4.07. The van der Waals surface area contributed by atoms with E-state index in [-0.39, 0.29) is 11.7 Å². The van der Waals surface area contributed by atoms with Gasteiger partial charge in [-0.25, -0.2) is 0 Å². The van der Waals surface area contributed by atoms with Crippen molar-refractivity contribution in [3.05, 3.63) is 12.2 Å². The molecule has 0 aromatic carbocycles. The molecule has 3 heterocycles. The number of alkyl halides is 3. The van der Waals surface area contributed by atoms with Gasteiger partial charge in [-0.1, -0.05) is 47.0 Å². The fourth-order valence-corrected chi connectivity index (χ4v) is 3.24. The zero-order chi connectivity index (χ0) is 11.6. The first-order valence-corrected chi connectivity index (χ1v) is 6.27. The van der Waals surface area contributed by atoms with Crippen LogP contribution in [0.3, 0.4) is 0 Å². The average molecular weight is 283 g/mol. The van der Waals surface area contributed by atoms with Crippen molar-refractivity contribution in [2.45, 2.75) is 21.9 Å². The SMILES string of the molecule is O=C(N1C[C@H]2C[C@@H]3C=C[C@@]2(C1)O3)C(Cl)(Cl)Cl. The molecule has 6 heteroatoms. The zero-order valence-electron chi connectivity index (χ0n) is 8.33. The third kappa shape index (κ3) is 1.49. The summed E-state index contributed by atoms with van der Waals surface area (Å²) in [6, 6.07) is 0. The van der Waals surface area contributed by atoms with Crippen LogP contribution in [0.1, 0.15) is 6.42 Å². The Balaban J connectivity index is 1.80. The van der Waals surface area contributed by atoms with Crippen molar-refractivity contribution in [2.24, 2.45) is 5.92 Å². The van der Waals surface area contributed by atoms with Crippen LogP contribution in [0, 0.1) is 5.92 Å². The quantitative estimate of drug-likeness (QED) is 0.502. The van der Waals surface area contributed by atoms with Gasteiger partial charge in [-0.2, -0.15) is 0 Å². The highest BCUT2D eigenvalue weighted by Crippen LogP contribution is 2.48. The minimum atomic E-state index is -1.86. The molecular weight excluding hydrogens is 272 g/mol. The van der Waals surface area contributed by atoms with E-state index in [0.717, 1.165) is 6.42 Å². The van der Waals surface area contributed by atoms with E-state index in [4.69, 9.17) is 39.5 Å². The number of carbonyl (C=O) groups excluding carboxylic acids is 1. The molecule has 0 radical (unpaired) electrons. The smallest absolute Gasteiger partial charge is 0.274 e. The van der Waals surface area contributed by atoms with Crippen LogP contribution in [0.2, 0.25) is 0 Å². The number of ether oxygens (including phenoxy) is 1. The topological polar surface area (TPSA) is 29.5 Å². The van der Waals surface area contributed by atoms with Crippen LogP contribution >= 0.6 is 34.8 Å². The van der Waals surface area contributed by atoms with Crippen LogP contribution in [0.4, 0.5) is 0 Å². The molecule has 0 aromatic heterocycles. The Kier molecular flexibility index (Phi) is 2.29. The van der Waals surface area contributed by atoms with Crippen molar-refractivity contribution in [3.63, 3.8) is 0 Å². The molecule has 0 N–H and O–H groups in total. The average Bonchev–Trinajstić information content (AvgIpc) is 2.79. The number of rotatable bonds is 0. The highest BCUT2D eigenvalue weighted by Gasteiger charge is 2.57. The molecule has 88 valence electrons. The zero-order valence-corrected chi connectivity index (χ0v) is 10.6. The fraction of sp³-hybridized carbons (Fsp3) is 0.700. The lowest BCUT2D eigenvalue weighted by Crippen LogP contribution is -2.40. The standard InChI is InChI=1S/C10H10Cl3NO2/c11-10(12,13)8(15)14-4-6-3-7-1-2-9(6,5-14)16-7/h1-2,6-7H,3-5H2/t6-,7+,9+/m1/s1. The van der Waals surface area contributed by atoms with E-state index in [2.05, 4.69) is 12.2 Å². The lowest BCUT2D eigenvalue weighted by molar-refractivity contribution is -0.130. The second-order valence-electron chi connectivity index (χ2n) is 4.59. The van der Waals surface area contributed by atoms with Crippen LogP contribution in [0.25, 0.3) is 0 Å². The predicted octanol–water partition coefficient (Wildman–Crippen LogP) is 1.91. The van der Waals surface area contributed by atoms with Crippen molar-refractivity contribution >= 4 is 40.7 Å². The summed E-state index contributed by atoms with van der Waals surface area (Å²) < 4.78 is 3.98. The van der Waals surface area contributed by atoms with Crippen molar-refractivity contribution in [1.82, 2.24) is 4.90 Å². The maximum absolute atomic E-state index is 11.8. The van der Waals surface area contributed by atoms with Gasteiger partial charge in [0.05, 0.1) is 12.6 Å². The summed E-state index contributed by atoms with van der Waals surface area (Å²) in [5.41, 5.74) is -0.309. The number of hydrogen-bond donors (Lipinski definition) is 0. The molecule has 3 nitrogen and oxygen atoms in total. The highest BCUT2D eigenvalue weighted by molar-refractivity contribution is 6.76. The Morgan fingerprint density at radius 3 is 2.81 bits per heavy atom. The van der Waals surface area contributed by atoms with Gasteiger partial charge < -0.3 is 9.64 Å². The first-order chi connectivity index (χ1) is 7.41. The summed E-state index contributed by atoms with van der Waals surface area (Å²) in [6.07, 6.45) is 5.28. The summed E-state index contributed by atoms with van der Waals surface area (Å²) in [6.45, 7) is 1.12. The molecule has 0 unspecified atom stereocenters. The van der Waals surface area contributed by atoms with Crippen LogP contribution in [-0.4, -0.2) is 39.4 Å². The minimum absolute atomic E-state index is 0.218. The van der Waals surface area contributed by atoms with E-state index in [1.54, 1.807) is 4.90 Å². The largest absolute Gasteiger partial charge is 0.361 e. The predicted molar refractivity (Wildman–Crippen MR) is 61.7 cm³/mol. The van der Waals surface area contributed by atoms with Gasteiger partial charge in [-0.3, -0.25) is 4.79 Å². The van der Waals surface area contributed by atoms with Gasteiger partial charge in [-0.05, 0) is 6.42 Å². The number of likely N-dealkylation sites (tertiary alicyclic amines) is 1. The van der Waals surface area contributed by atoms with Crippen LogP contribution in [-0.2, 0) is 9.53 Å².